The van der Waals surface area contributed by atoms with Gasteiger partial charge in [-0.3, -0.25) is 5.84 Å². The molecule has 0 aromatic heterocycles. The zero-order valence-corrected chi connectivity index (χ0v) is 11.2. The molecule has 1 aliphatic carbocycles. The highest BCUT2D eigenvalue weighted by molar-refractivity contribution is 5.42. The predicted molar refractivity (Wildman–Crippen MR) is 74.3 cm³/mol. The largest absolute Gasteiger partial charge is 0.496 e. The Balaban J connectivity index is 2.37. The molecule has 0 radical (unpaired) electrons. The van der Waals surface area contributed by atoms with Crippen molar-refractivity contribution in [2.75, 3.05) is 7.11 Å². The van der Waals surface area contributed by atoms with E-state index in [2.05, 4.69) is 30.6 Å². The van der Waals surface area contributed by atoms with E-state index in [4.69, 9.17) is 10.6 Å². The summed E-state index contributed by atoms with van der Waals surface area (Å²) in [6.45, 7) is 2.09. The van der Waals surface area contributed by atoms with E-state index in [9.17, 15) is 0 Å². The Hall–Kier alpha value is -1.32. The zero-order valence-electron chi connectivity index (χ0n) is 11.2. The first-order chi connectivity index (χ1) is 8.76. The summed E-state index contributed by atoms with van der Waals surface area (Å²) in [6.07, 6.45) is 7.12. The lowest BCUT2D eigenvalue weighted by atomic mass is 9.89. The van der Waals surface area contributed by atoms with Crippen molar-refractivity contribution in [3.05, 3.63) is 41.0 Å². The lowest BCUT2D eigenvalue weighted by Crippen LogP contribution is -2.30. The van der Waals surface area contributed by atoms with Crippen molar-refractivity contribution in [3.8, 4) is 5.75 Å². The standard InChI is InChI=1S/C15H22N2O/c1-11-8-9-14(18-2)13(10-11)15(17-16)12-6-4-3-5-7-12/h6,8-10,15,17H,3-5,7,16H2,1-2H3. The number of nitrogens with two attached hydrogens (primary N) is 1. The molecular formula is C15H22N2O. The van der Waals surface area contributed by atoms with Crippen molar-refractivity contribution in [2.45, 2.75) is 38.6 Å². The first-order valence-electron chi connectivity index (χ1n) is 6.56. The summed E-state index contributed by atoms with van der Waals surface area (Å²) in [6, 6.07) is 6.29. The molecule has 98 valence electrons. The summed E-state index contributed by atoms with van der Waals surface area (Å²) in [5, 5.41) is 0. The van der Waals surface area contributed by atoms with E-state index >= 15 is 0 Å². The lowest BCUT2D eigenvalue weighted by Gasteiger charge is -2.24. The first-order valence-corrected chi connectivity index (χ1v) is 6.56. The van der Waals surface area contributed by atoms with Crippen LogP contribution in [0.5, 0.6) is 5.75 Å². The molecule has 3 heteroatoms. The second-order valence-corrected chi connectivity index (χ2v) is 4.87. The second-order valence-electron chi connectivity index (χ2n) is 4.87. The first kappa shape index (κ1) is 13.1. The van der Waals surface area contributed by atoms with E-state index in [1.807, 2.05) is 6.07 Å². The Morgan fingerprint density at radius 2 is 2.17 bits per heavy atom. The molecule has 18 heavy (non-hydrogen) atoms. The van der Waals surface area contributed by atoms with Gasteiger partial charge in [-0.1, -0.05) is 29.3 Å². The molecule has 0 aliphatic heterocycles. The van der Waals surface area contributed by atoms with Crippen LogP contribution in [0, 0.1) is 6.92 Å². The van der Waals surface area contributed by atoms with Gasteiger partial charge < -0.3 is 4.74 Å². The third kappa shape index (κ3) is 2.74. The molecule has 0 saturated carbocycles. The average Bonchev–Trinajstić information content (AvgIpc) is 2.41. The van der Waals surface area contributed by atoms with Gasteiger partial charge in [0.2, 0.25) is 0 Å². The normalized spacial score (nSPS) is 17.2. The van der Waals surface area contributed by atoms with Crippen LogP contribution in [0.25, 0.3) is 0 Å². The quantitative estimate of drug-likeness (QED) is 0.488. The maximum Gasteiger partial charge on any atom is 0.124 e. The van der Waals surface area contributed by atoms with Gasteiger partial charge in [0.1, 0.15) is 5.75 Å². The molecule has 0 bridgehead atoms. The molecule has 1 unspecified atom stereocenters. The zero-order chi connectivity index (χ0) is 13.0. The number of hydrazine groups is 1. The van der Waals surface area contributed by atoms with E-state index < -0.39 is 0 Å². The van der Waals surface area contributed by atoms with E-state index in [-0.39, 0.29) is 6.04 Å². The van der Waals surface area contributed by atoms with Gasteiger partial charge in [-0.05, 0) is 38.7 Å². The average molecular weight is 246 g/mol. The Bertz CT molecular complexity index is 440. The number of methoxy groups -OCH3 is 1. The van der Waals surface area contributed by atoms with Crippen molar-refractivity contribution in [1.29, 1.82) is 0 Å². The Kier molecular flexibility index (Phi) is 4.39. The molecule has 1 aromatic carbocycles. The molecule has 0 fully saturated rings. The van der Waals surface area contributed by atoms with Gasteiger partial charge >= 0.3 is 0 Å². The van der Waals surface area contributed by atoms with E-state index in [1.54, 1.807) is 7.11 Å². The maximum atomic E-state index is 5.76. The van der Waals surface area contributed by atoms with Crippen LogP contribution in [-0.2, 0) is 0 Å². The number of allylic oxidation sites excluding steroid dienone is 1. The highest BCUT2D eigenvalue weighted by atomic mass is 16.5. The van der Waals surface area contributed by atoms with Gasteiger partial charge in [-0.25, -0.2) is 5.43 Å². The van der Waals surface area contributed by atoms with E-state index in [0.717, 1.165) is 24.2 Å². The van der Waals surface area contributed by atoms with Gasteiger partial charge in [-0.2, -0.15) is 0 Å². The van der Waals surface area contributed by atoms with Gasteiger partial charge in [0, 0.05) is 5.56 Å². The molecule has 0 spiro atoms. The van der Waals surface area contributed by atoms with Crippen LogP contribution in [0.15, 0.2) is 29.8 Å². The number of hydrogen-bond acceptors (Lipinski definition) is 3. The van der Waals surface area contributed by atoms with Gasteiger partial charge in [0.15, 0.2) is 0 Å². The SMILES string of the molecule is COc1ccc(C)cc1C(NN)C1=CCCCC1. The van der Waals surface area contributed by atoms with Crippen molar-refractivity contribution in [1.82, 2.24) is 5.43 Å². The number of benzene rings is 1. The second kappa shape index (κ2) is 6.03. The van der Waals surface area contributed by atoms with E-state index in [1.165, 1.54) is 24.0 Å². The lowest BCUT2D eigenvalue weighted by molar-refractivity contribution is 0.402. The van der Waals surface area contributed by atoms with Crippen LogP contribution in [-0.4, -0.2) is 7.11 Å². The molecular weight excluding hydrogens is 224 g/mol. The third-order valence-electron chi connectivity index (χ3n) is 3.56. The summed E-state index contributed by atoms with van der Waals surface area (Å²) in [5.74, 6) is 6.66. The number of aryl methyl sites for hydroxylation is 1. The van der Waals surface area contributed by atoms with Crippen LogP contribution in [0.1, 0.15) is 42.9 Å². The third-order valence-corrected chi connectivity index (χ3v) is 3.56. The summed E-state index contributed by atoms with van der Waals surface area (Å²) in [4.78, 5) is 0. The number of nitrogens with one attached hydrogen (secondary N) is 1. The fraction of sp³-hybridized carbons (Fsp3) is 0.467. The van der Waals surface area contributed by atoms with Crippen molar-refractivity contribution >= 4 is 0 Å². The Labute approximate surface area is 109 Å². The van der Waals surface area contributed by atoms with Crippen molar-refractivity contribution in [2.24, 2.45) is 5.84 Å². The number of ether oxygens (including phenoxy) is 1. The minimum atomic E-state index is 0.0696. The number of hydrogen-bond donors (Lipinski definition) is 2. The van der Waals surface area contributed by atoms with Gasteiger partial charge in [0.25, 0.3) is 0 Å². The highest BCUT2D eigenvalue weighted by Gasteiger charge is 2.20. The molecule has 3 nitrogen and oxygen atoms in total. The van der Waals surface area contributed by atoms with Crippen LogP contribution in [0.2, 0.25) is 0 Å². The maximum absolute atomic E-state index is 5.76. The molecule has 1 atom stereocenters. The Morgan fingerprint density at radius 3 is 2.78 bits per heavy atom. The molecule has 1 aromatic rings. The minimum Gasteiger partial charge on any atom is -0.496 e. The van der Waals surface area contributed by atoms with Crippen molar-refractivity contribution in [3.63, 3.8) is 0 Å². The monoisotopic (exact) mass is 246 g/mol. The fourth-order valence-corrected chi connectivity index (χ4v) is 2.60. The highest BCUT2D eigenvalue weighted by Crippen LogP contribution is 2.34. The van der Waals surface area contributed by atoms with Gasteiger partial charge in [0.05, 0.1) is 13.2 Å². The fourth-order valence-electron chi connectivity index (χ4n) is 2.60. The summed E-state index contributed by atoms with van der Waals surface area (Å²) >= 11 is 0. The van der Waals surface area contributed by atoms with Crippen LogP contribution < -0.4 is 16.0 Å². The van der Waals surface area contributed by atoms with Crippen molar-refractivity contribution < 1.29 is 4.74 Å². The molecule has 3 N–H and O–H groups in total. The van der Waals surface area contributed by atoms with E-state index in [0.29, 0.717) is 0 Å². The molecule has 2 rings (SSSR count). The van der Waals surface area contributed by atoms with Gasteiger partial charge in [-0.15, -0.1) is 0 Å². The minimum absolute atomic E-state index is 0.0696. The smallest absolute Gasteiger partial charge is 0.124 e. The van der Waals surface area contributed by atoms with Crippen LogP contribution in [0.4, 0.5) is 0 Å². The Morgan fingerprint density at radius 1 is 1.33 bits per heavy atom. The predicted octanol–water partition coefficient (Wildman–Crippen LogP) is 3.01. The number of rotatable bonds is 4. The topological polar surface area (TPSA) is 47.3 Å². The molecule has 1 aliphatic rings. The molecule has 0 amide bonds. The van der Waals surface area contributed by atoms with Crippen LogP contribution >= 0.6 is 0 Å². The summed E-state index contributed by atoms with van der Waals surface area (Å²) < 4.78 is 5.45. The summed E-state index contributed by atoms with van der Waals surface area (Å²) in [7, 11) is 1.71. The molecule has 0 heterocycles. The van der Waals surface area contributed by atoms with Crippen LogP contribution in [0.3, 0.4) is 0 Å². The summed E-state index contributed by atoms with van der Waals surface area (Å²) in [5.41, 5.74) is 6.68. The molecule has 0 saturated heterocycles.